The van der Waals surface area contributed by atoms with Crippen molar-refractivity contribution in [2.24, 2.45) is 5.10 Å². The molecule has 0 saturated heterocycles. The normalized spacial score (nSPS) is 14.0. The minimum Gasteiger partial charge on any atom is -0.459 e. The van der Waals surface area contributed by atoms with Crippen molar-refractivity contribution in [2.45, 2.75) is 32.6 Å². The number of furan rings is 2. The molecule has 164 valence electrons. The Kier molecular flexibility index (Phi) is 6.16. The highest BCUT2D eigenvalue weighted by Gasteiger charge is 2.28. The fourth-order valence-corrected chi connectivity index (χ4v) is 3.59. The van der Waals surface area contributed by atoms with Crippen LogP contribution < -0.4 is 16.3 Å². The molecule has 1 aliphatic carbocycles. The summed E-state index contributed by atoms with van der Waals surface area (Å²) in [6, 6.07) is 12.4. The van der Waals surface area contributed by atoms with Crippen molar-refractivity contribution < 1.29 is 23.2 Å². The van der Waals surface area contributed by atoms with E-state index in [9.17, 15) is 14.4 Å². The van der Waals surface area contributed by atoms with E-state index in [1.807, 2.05) is 30.3 Å². The first-order valence-corrected chi connectivity index (χ1v) is 10.2. The molecule has 2 aromatic heterocycles. The molecule has 9 nitrogen and oxygen atoms in total. The fourth-order valence-electron chi connectivity index (χ4n) is 3.59. The second-order valence-electron chi connectivity index (χ2n) is 7.35. The summed E-state index contributed by atoms with van der Waals surface area (Å²) in [7, 11) is 0. The van der Waals surface area contributed by atoms with Gasteiger partial charge in [-0.25, -0.2) is 5.43 Å². The summed E-state index contributed by atoms with van der Waals surface area (Å²) >= 11 is 0. The van der Waals surface area contributed by atoms with Gasteiger partial charge in [0.1, 0.15) is 5.76 Å². The number of carbonyl (C=O) groups excluding carboxylic acids is 3. The first-order valence-electron chi connectivity index (χ1n) is 10.2. The van der Waals surface area contributed by atoms with Crippen molar-refractivity contribution in [3.05, 3.63) is 82.7 Å². The quantitative estimate of drug-likeness (QED) is 0.532. The summed E-state index contributed by atoms with van der Waals surface area (Å²) in [5.41, 5.74) is 10.1. The molecule has 3 N–H and O–H groups in total. The Morgan fingerprint density at radius 1 is 1.00 bits per heavy atom. The summed E-state index contributed by atoms with van der Waals surface area (Å²) in [6.45, 7) is 1.75. The lowest BCUT2D eigenvalue weighted by Crippen LogP contribution is -2.41. The van der Waals surface area contributed by atoms with Crippen molar-refractivity contribution in [3.63, 3.8) is 0 Å². The molecule has 9 heteroatoms. The van der Waals surface area contributed by atoms with Gasteiger partial charge in [0.25, 0.3) is 0 Å². The molecule has 0 atom stereocenters. The molecule has 1 aromatic carbocycles. The van der Waals surface area contributed by atoms with E-state index in [0.29, 0.717) is 29.9 Å². The molecule has 4 rings (SSSR count). The molecule has 3 aromatic rings. The fraction of sp³-hybridized carbons (Fsp3) is 0.217. The number of nitrogens with one attached hydrogen (secondary N) is 3. The predicted molar refractivity (Wildman–Crippen MR) is 115 cm³/mol. The van der Waals surface area contributed by atoms with Gasteiger partial charge in [-0.15, -0.1) is 0 Å². The predicted octanol–water partition coefficient (Wildman–Crippen LogP) is 2.66. The van der Waals surface area contributed by atoms with Crippen LogP contribution in [0.15, 0.2) is 62.7 Å². The molecular formula is C23H22N4O5. The van der Waals surface area contributed by atoms with Crippen LogP contribution in [-0.4, -0.2) is 23.4 Å². The van der Waals surface area contributed by atoms with Crippen LogP contribution in [0.25, 0.3) is 0 Å². The first kappa shape index (κ1) is 21.1. The van der Waals surface area contributed by atoms with Gasteiger partial charge in [-0.05, 0) is 37.5 Å². The van der Waals surface area contributed by atoms with E-state index in [1.165, 1.54) is 12.3 Å². The van der Waals surface area contributed by atoms with E-state index in [4.69, 9.17) is 8.83 Å². The largest absolute Gasteiger partial charge is 0.459 e. The number of carbonyl (C=O) groups is 3. The van der Waals surface area contributed by atoms with Gasteiger partial charge in [-0.1, -0.05) is 30.3 Å². The van der Waals surface area contributed by atoms with Crippen LogP contribution in [0.3, 0.4) is 0 Å². The van der Waals surface area contributed by atoms with E-state index in [0.717, 1.165) is 17.5 Å². The van der Waals surface area contributed by atoms with Crippen LogP contribution in [-0.2, 0) is 17.6 Å². The third-order valence-electron chi connectivity index (χ3n) is 5.09. The number of hydrogen-bond donors (Lipinski definition) is 3. The van der Waals surface area contributed by atoms with Gasteiger partial charge in [-0.2, -0.15) is 5.10 Å². The maximum Gasteiger partial charge on any atom is 0.305 e. The van der Waals surface area contributed by atoms with E-state index in [2.05, 4.69) is 21.4 Å². The van der Waals surface area contributed by atoms with Gasteiger partial charge in [0.05, 0.1) is 18.4 Å². The Labute approximate surface area is 183 Å². The van der Waals surface area contributed by atoms with Gasteiger partial charge in [-0.3, -0.25) is 25.2 Å². The molecule has 0 aliphatic heterocycles. The second-order valence-corrected chi connectivity index (χ2v) is 7.35. The van der Waals surface area contributed by atoms with Gasteiger partial charge in [0, 0.05) is 17.5 Å². The number of fused-ring (bicyclic) bond motifs is 1. The van der Waals surface area contributed by atoms with Gasteiger partial charge in [0.2, 0.25) is 5.91 Å². The molecule has 32 heavy (non-hydrogen) atoms. The number of benzene rings is 1. The van der Waals surface area contributed by atoms with Crippen LogP contribution in [0.4, 0.5) is 0 Å². The number of amides is 3. The number of nitrogens with zero attached hydrogens (tertiary/aromatic N) is 1. The highest BCUT2D eigenvalue weighted by atomic mass is 16.4. The van der Waals surface area contributed by atoms with Gasteiger partial charge >= 0.3 is 11.8 Å². The Morgan fingerprint density at radius 2 is 1.78 bits per heavy atom. The third kappa shape index (κ3) is 4.61. The third-order valence-corrected chi connectivity index (χ3v) is 5.09. The highest BCUT2D eigenvalue weighted by molar-refractivity contribution is 6.07. The summed E-state index contributed by atoms with van der Waals surface area (Å²) in [4.78, 5) is 36.8. The highest BCUT2D eigenvalue weighted by Crippen LogP contribution is 2.29. The van der Waals surface area contributed by atoms with Crippen LogP contribution in [0, 0.1) is 6.92 Å². The molecule has 2 heterocycles. The lowest BCUT2D eigenvalue weighted by molar-refractivity contribution is -0.120. The van der Waals surface area contributed by atoms with Crippen molar-refractivity contribution in [1.29, 1.82) is 0 Å². The number of hydrazone groups is 1. The van der Waals surface area contributed by atoms with Crippen molar-refractivity contribution >= 4 is 23.4 Å². The number of rotatable bonds is 5. The number of hydrogen-bond acceptors (Lipinski definition) is 6. The van der Waals surface area contributed by atoms with Gasteiger partial charge in [0.15, 0.2) is 11.5 Å². The maximum atomic E-state index is 12.6. The van der Waals surface area contributed by atoms with Crippen molar-refractivity contribution in [1.82, 2.24) is 16.3 Å². The zero-order valence-electron chi connectivity index (χ0n) is 17.4. The lowest BCUT2D eigenvalue weighted by Gasteiger charge is -2.13. The van der Waals surface area contributed by atoms with Crippen molar-refractivity contribution in [3.8, 4) is 0 Å². The molecule has 0 radical (unpaired) electrons. The molecular weight excluding hydrogens is 412 g/mol. The minimum atomic E-state index is -0.593. The molecule has 0 spiro atoms. The van der Waals surface area contributed by atoms with Crippen molar-refractivity contribution in [2.75, 3.05) is 0 Å². The van der Waals surface area contributed by atoms with E-state index in [1.54, 1.807) is 13.0 Å². The standard InChI is InChI=1S/C23H22N4O5/c1-14-20-16(24-25-19(28)13-15-7-3-2-4-8-15)9-5-10-17(20)32-21(14)23(30)27-26-22(29)18-11-6-12-31-18/h2-4,6-8,11-12H,5,9-10,13H2,1H3,(H,25,28)(H,26,29)(H,27,30)/b24-16+. The molecule has 0 saturated carbocycles. The van der Waals surface area contributed by atoms with E-state index >= 15 is 0 Å². The molecule has 0 bridgehead atoms. The molecule has 1 aliphatic rings. The Bertz CT molecular complexity index is 1160. The van der Waals surface area contributed by atoms with Crippen LogP contribution >= 0.6 is 0 Å². The Hall–Kier alpha value is -4.14. The molecule has 0 unspecified atom stereocenters. The Morgan fingerprint density at radius 3 is 2.53 bits per heavy atom. The monoisotopic (exact) mass is 434 g/mol. The number of aryl methyl sites for hydroxylation is 1. The van der Waals surface area contributed by atoms with Crippen LogP contribution in [0.2, 0.25) is 0 Å². The van der Waals surface area contributed by atoms with Crippen LogP contribution in [0.1, 0.15) is 56.4 Å². The Balaban J connectivity index is 1.45. The smallest absolute Gasteiger partial charge is 0.305 e. The van der Waals surface area contributed by atoms with E-state index < -0.39 is 11.8 Å². The summed E-state index contributed by atoms with van der Waals surface area (Å²) in [6.07, 6.45) is 3.66. The minimum absolute atomic E-state index is 0.0708. The average molecular weight is 434 g/mol. The summed E-state index contributed by atoms with van der Waals surface area (Å²) in [5.74, 6) is -0.616. The van der Waals surface area contributed by atoms with Crippen LogP contribution in [0.5, 0.6) is 0 Å². The zero-order chi connectivity index (χ0) is 22.5. The molecule has 3 amide bonds. The van der Waals surface area contributed by atoms with Gasteiger partial charge < -0.3 is 8.83 Å². The SMILES string of the molecule is Cc1c(C(=O)NNC(=O)c2ccco2)oc2c1/C(=N/NC(=O)Cc1ccccc1)CCC2. The molecule has 0 fully saturated rings. The lowest BCUT2D eigenvalue weighted by atomic mass is 9.93. The van der Waals surface area contributed by atoms with E-state index in [-0.39, 0.29) is 23.8 Å². The maximum absolute atomic E-state index is 12.6. The number of hydrazine groups is 1. The first-order chi connectivity index (χ1) is 15.5. The zero-order valence-corrected chi connectivity index (χ0v) is 17.4. The summed E-state index contributed by atoms with van der Waals surface area (Å²) in [5, 5.41) is 4.31. The average Bonchev–Trinajstić information content (AvgIpc) is 3.45. The topological polar surface area (TPSA) is 126 Å². The second kappa shape index (κ2) is 9.34. The summed E-state index contributed by atoms with van der Waals surface area (Å²) < 4.78 is 10.8.